The number of aryl methyl sites for hydroxylation is 3. The minimum atomic E-state index is 0. The van der Waals surface area contributed by atoms with E-state index >= 15 is 0 Å². The van der Waals surface area contributed by atoms with E-state index in [0.29, 0.717) is 6.10 Å². The molecule has 1 aliphatic heterocycles. The molecule has 182 valence electrons. The smallest absolute Gasteiger partial charge is 0.156 e. The van der Waals surface area contributed by atoms with Gasteiger partial charge in [-0.1, -0.05) is 19.1 Å². The summed E-state index contributed by atoms with van der Waals surface area (Å²) in [5.74, 6) is 2.08. The summed E-state index contributed by atoms with van der Waals surface area (Å²) < 4.78 is 12.2. The van der Waals surface area contributed by atoms with E-state index in [1.807, 2.05) is 6.20 Å². The van der Waals surface area contributed by atoms with Gasteiger partial charge in [0.1, 0.15) is 5.75 Å². The van der Waals surface area contributed by atoms with Crippen molar-refractivity contribution in [2.45, 2.75) is 58.1 Å². The van der Waals surface area contributed by atoms with E-state index in [4.69, 9.17) is 9.72 Å². The number of rotatable bonds is 8. The number of ether oxygens (including phenoxy) is 1. The number of nitrogens with one attached hydrogen (secondary N) is 1. The molecule has 0 bridgehead atoms. The molecular formula is C27H35ClN4OS. The molecule has 0 saturated carbocycles. The zero-order chi connectivity index (χ0) is 22.6. The number of hydrogen-bond donors (Lipinski definition) is 1. The van der Waals surface area contributed by atoms with Crippen LogP contribution in [0, 0.1) is 0 Å². The average molecular weight is 499 g/mol. The number of halogens is 1. The molecule has 3 aromatic heterocycles. The second kappa shape index (κ2) is 11.4. The number of nitrogens with zero attached hydrogens (tertiary/aromatic N) is 3. The Balaban J connectivity index is 0.00000274. The lowest BCUT2D eigenvalue weighted by Crippen LogP contribution is -2.19. The van der Waals surface area contributed by atoms with Crippen molar-refractivity contribution in [1.82, 2.24) is 19.4 Å². The van der Waals surface area contributed by atoms with Gasteiger partial charge in [0, 0.05) is 25.5 Å². The van der Waals surface area contributed by atoms with Gasteiger partial charge in [0.2, 0.25) is 0 Å². The Hall–Kier alpha value is -2.28. The summed E-state index contributed by atoms with van der Waals surface area (Å²) in [6.07, 6.45) is 8.94. The molecule has 0 aliphatic carbocycles. The van der Waals surface area contributed by atoms with Gasteiger partial charge < -0.3 is 19.2 Å². The Kier molecular flexibility index (Phi) is 8.35. The van der Waals surface area contributed by atoms with Gasteiger partial charge >= 0.3 is 0 Å². The maximum Gasteiger partial charge on any atom is 0.156 e. The van der Waals surface area contributed by atoms with E-state index in [9.17, 15) is 0 Å². The van der Waals surface area contributed by atoms with E-state index < -0.39 is 0 Å². The number of fused-ring (bicyclic) bond motifs is 1. The van der Waals surface area contributed by atoms with Crippen LogP contribution in [-0.4, -0.2) is 33.3 Å². The lowest BCUT2D eigenvalue weighted by atomic mass is 10.1. The van der Waals surface area contributed by atoms with Gasteiger partial charge in [-0.3, -0.25) is 0 Å². The van der Waals surface area contributed by atoms with Crippen molar-refractivity contribution in [2.75, 3.05) is 13.1 Å². The Bertz CT molecular complexity index is 1190. The first kappa shape index (κ1) is 24.8. The highest BCUT2D eigenvalue weighted by Gasteiger charge is 2.16. The molecule has 1 saturated heterocycles. The lowest BCUT2D eigenvalue weighted by Gasteiger charge is -2.17. The van der Waals surface area contributed by atoms with E-state index in [1.165, 1.54) is 33.6 Å². The van der Waals surface area contributed by atoms with E-state index in [1.54, 1.807) is 11.3 Å². The van der Waals surface area contributed by atoms with Gasteiger partial charge in [-0.2, -0.15) is 0 Å². The molecule has 1 aromatic carbocycles. The zero-order valence-electron chi connectivity index (χ0n) is 20.1. The minimum Gasteiger partial charge on any atom is -0.490 e. The summed E-state index contributed by atoms with van der Waals surface area (Å²) in [6.45, 7) is 5.36. The van der Waals surface area contributed by atoms with Gasteiger partial charge in [-0.25, -0.2) is 4.98 Å². The highest BCUT2D eigenvalue weighted by atomic mass is 35.5. The molecule has 7 heteroatoms. The topological polar surface area (TPSA) is 44.0 Å². The van der Waals surface area contributed by atoms with Crippen LogP contribution in [0.15, 0.2) is 48.0 Å². The van der Waals surface area contributed by atoms with Gasteiger partial charge in [0.25, 0.3) is 0 Å². The van der Waals surface area contributed by atoms with Crippen molar-refractivity contribution in [3.63, 3.8) is 0 Å². The summed E-state index contributed by atoms with van der Waals surface area (Å²) in [5, 5.41) is 5.61. The largest absolute Gasteiger partial charge is 0.490 e. The van der Waals surface area contributed by atoms with Gasteiger partial charge in [-0.15, -0.1) is 23.7 Å². The van der Waals surface area contributed by atoms with Gasteiger partial charge in [-0.05, 0) is 86.8 Å². The molecule has 1 aliphatic rings. The molecule has 34 heavy (non-hydrogen) atoms. The highest BCUT2D eigenvalue weighted by Crippen LogP contribution is 2.31. The standard InChI is InChI=1S/C27H34N4OS.ClH/c1-3-21-19-29-27(25-18-26-24(30(25)2)13-17-33-26)31(21)16-5-6-20-8-10-23(11-9-20)32-22-7-4-14-28-15-12-22;/h8-11,13,17-19,22,28H,3-7,12,14-16H2,1-2H3;1H. The molecular weight excluding hydrogens is 464 g/mol. The van der Waals surface area contributed by atoms with Gasteiger partial charge in [0.05, 0.1) is 22.0 Å². The fourth-order valence-electron chi connectivity index (χ4n) is 4.89. The van der Waals surface area contributed by atoms with Crippen LogP contribution < -0.4 is 10.1 Å². The third kappa shape index (κ3) is 5.35. The maximum absolute atomic E-state index is 6.22. The maximum atomic E-state index is 6.22. The molecule has 1 atom stereocenters. The van der Waals surface area contributed by atoms with Crippen molar-refractivity contribution in [3.05, 3.63) is 59.2 Å². The van der Waals surface area contributed by atoms with Crippen molar-refractivity contribution in [2.24, 2.45) is 7.05 Å². The number of imidazole rings is 1. The second-order valence-electron chi connectivity index (χ2n) is 9.01. The van der Waals surface area contributed by atoms with Crippen LogP contribution in [0.3, 0.4) is 0 Å². The Morgan fingerprint density at radius 2 is 2.00 bits per heavy atom. The third-order valence-corrected chi connectivity index (χ3v) is 7.64. The van der Waals surface area contributed by atoms with Crippen LogP contribution in [-0.2, 0) is 26.4 Å². The fraction of sp³-hybridized carbons (Fsp3) is 0.444. The summed E-state index contributed by atoms with van der Waals surface area (Å²) in [4.78, 5) is 4.82. The molecule has 1 unspecified atom stereocenters. The normalized spacial score (nSPS) is 16.4. The lowest BCUT2D eigenvalue weighted by molar-refractivity contribution is 0.187. The van der Waals surface area contributed by atoms with Crippen molar-refractivity contribution >= 4 is 34.0 Å². The summed E-state index contributed by atoms with van der Waals surface area (Å²) in [6, 6.07) is 13.2. The first-order valence-corrected chi connectivity index (χ1v) is 13.1. The van der Waals surface area contributed by atoms with Crippen LogP contribution >= 0.6 is 23.7 Å². The Morgan fingerprint density at radius 1 is 1.15 bits per heavy atom. The zero-order valence-corrected chi connectivity index (χ0v) is 21.8. The predicted octanol–water partition coefficient (Wildman–Crippen LogP) is 6.24. The van der Waals surface area contributed by atoms with Crippen LogP contribution in [0.5, 0.6) is 5.75 Å². The summed E-state index contributed by atoms with van der Waals surface area (Å²) >= 11 is 1.79. The number of benzene rings is 1. The molecule has 4 aromatic rings. The number of hydrogen-bond acceptors (Lipinski definition) is 4. The van der Waals surface area contributed by atoms with Crippen LogP contribution in [0.25, 0.3) is 21.7 Å². The fourth-order valence-corrected chi connectivity index (χ4v) is 5.73. The Labute approximate surface area is 212 Å². The molecule has 0 radical (unpaired) electrons. The molecule has 1 fully saturated rings. The van der Waals surface area contributed by atoms with E-state index in [2.05, 4.69) is 70.2 Å². The van der Waals surface area contributed by atoms with Crippen LogP contribution in [0.4, 0.5) is 0 Å². The van der Waals surface area contributed by atoms with E-state index in [0.717, 1.165) is 63.3 Å². The number of aromatic nitrogens is 3. The second-order valence-corrected chi connectivity index (χ2v) is 9.95. The molecule has 0 amide bonds. The third-order valence-electron chi connectivity index (χ3n) is 6.79. The first-order valence-electron chi connectivity index (χ1n) is 12.3. The number of thiophene rings is 1. The molecule has 5 nitrogen and oxygen atoms in total. The van der Waals surface area contributed by atoms with Crippen LogP contribution in [0.1, 0.15) is 43.9 Å². The molecule has 1 N–H and O–H groups in total. The Morgan fingerprint density at radius 3 is 2.79 bits per heavy atom. The van der Waals surface area contributed by atoms with Crippen molar-refractivity contribution < 1.29 is 4.74 Å². The van der Waals surface area contributed by atoms with Gasteiger partial charge in [0.15, 0.2) is 5.82 Å². The minimum absolute atomic E-state index is 0. The monoisotopic (exact) mass is 498 g/mol. The summed E-state index contributed by atoms with van der Waals surface area (Å²) in [5.41, 5.74) is 5.15. The molecule has 5 rings (SSSR count). The van der Waals surface area contributed by atoms with Crippen molar-refractivity contribution in [1.29, 1.82) is 0 Å². The van der Waals surface area contributed by atoms with E-state index in [-0.39, 0.29) is 12.4 Å². The average Bonchev–Trinajstić information content (AvgIpc) is 3.47. The summed E-state index contributed by atoms with van der Waals surface area (Å²) in [7, 11) is 2.14. The molecule has 0 spiro atoms. The van der Waals surface area contributed by atoms with Crippen molar-refractivity contribution in [3.8, 4) is 17.3 Å². The molecule has 4 heterocycles. The highest BCUT2D eigenvalue weighted by molar-refractivity contribution is 7.17. The van der Waals surface area contributed by atoms with Crippen LogP contribution in [0.2, 0.25) is 0 Å². The first-order chi connectivity index (χ1) is 16.2. The SMILES string of the molecule is CCc1cnc(-c2cc3sccc3n2C)n1CCCc1ccc(OC2CCCNCC2)cc1.Cl. The quantitative estimate of drug-likeness (QED) is 0.312. The predicted molar refractivity (Wildman–Crippen MR) is 145 cm³/mol.